The Morgan fingerprint density at radius 3 is 2.83 bits per heavy atom. The molecule has 1 atom stereocenters. The summed E-state index contributed by atoms with van der Waals surface area (Å²) in [5.41, 5.74) is 1.00. The molecular weight excluding hydrogens is 294 g/mol. The van der Waals surface area contributed by atoms with E-state index in [-0.39, 0.29) is 17.7 Å². The molecule has 1 aromatic carbocycles. The third-order valence-electron chi connectivity index (χ3n) is 3.47. The van der Waals surface area contributed by atoms with Crippen LogP contribution in [0.15, 0.2) is 57.8 Å². The van der Waals surface area contributed by atoms with Gasteiger partial charge in [0.1, 0.15) is 5.75 Å². The van der Waals surface area contributed by atoms with Gasteiger partial charge in [0.25, 0.3) is 5.90 Å². The van der Waals surface area contributed by atoms with Crippen molar-refractivity contribution in [3.05, 3.63) is 59.7 Å². The molecule has 0 fully saturated rings. The van der Waals surface area contributed by atoms with Gasteiger partial charge in [-0.2, -0.15) is 0 Å². The number of para-hydroxylation sites is 1. The lowest BCUT2D eigenvalue weighted by atomic mass is 10.1. The number of rotatable bonds is 5. The van der Waals surface area contributed by atoms with Gasteiger partial charge in [-0.25, -0.2) is 9.79 Å². The van der Waals surface area contributed by atoms with Gasteiger partial charge in [0.15, 0.2) is 11.5 Å². The van der Waals surface area contributed by atoms with Crippen LogP contribution < -0.4 is 4.74 Å². The van der Waals surface area contributed by atoms with Crippen LogP contribution in [-0.2, 0) is 9.53 Å². The maximum atomic E-state index is 12.0. The molecule has 118 valence electrons. The molecule has 0 bridgehead atoms. The fraction of sp³-hybridized carbons (Fsp3) is 0.222. The number of esters is 1. The molecule has 5 nitrogen and oxygen atoms in total. The van der Waals surface area contributed by atoms with Gasteiger partial charge >= 0.3 is 5.97 Å². The van der Waals surface area contributed by atoms with Crippen molar-refractivity contribution in [1.82, 2.24) is 0 Å². The van der Waals surface area contributed by atoms with Crippen LogP contribution >= 0.6 is 0 Å². The van der Waals surface area contributed by atoms with E-state index in [9.17, 15) is 4.79 Å². The third-order valence-corrected chi connectivity index (χ3v) is 3.47. The molecule has 0 radical (unpaired) electrons. The Kier molecular flexibility index (Phi) is 4.28. The number of nitrogens with zero attached hydrogens (tertiary/aromatic N) is 1. The molecule has 0 saturated carbocycles. The zero-order valence-corrected chi connectivity index (χ0v) is 13.0. The molecule has 3 rings (SSSR count). The maximum Gasteiger partial charge on any atom is 0.363 e. The fourth-order valence-electron chi connectivity index (χ4n) is 2.07. The standard InChI is InChI=1S/C18H17NO4/c1-3-12(2)22-15-8-5-4-7-13(15)11-14-18(20)23-17(19-14)16-9-6-10-21-16/h4-12H,3H2,1-2H3/b14-11-. The largest absolute Gasteiger partial charge is 0.490 e. The van der Waals surface area contributed by atoms with Gasteiger partial charge in [-0.15, -0.1) is 0 Å². The minimum absolute atomic E-state index is 0.0901. The first-order valence-corrected chi connectivity index (χ1v) is 7.49. The van der Waals surface area contributed by atoms with E-state index in [4.69, 9.17) is 13.9 Å². The summed E-state index contributed by atoms with van der Waals surface area (Å²) in [4.78, 5) is 16.2. The van der Waals surface area contributed by atoms with Gasteiger partial charge in [-0.3, -0.25) is 0 Å². The van der Waals surface area contributed by atoms with Crippen molar-refractivity contribution in [2.75, 3.05) is 0 Å². The van der Waals surface area contributed by atoms with Crippen molar-refractivity contribution >= 4 is 17.9 Å². The highest BCUT2D eigenvalue weighted by Gasteiger charge is 2.26. The van der Waals surface area contributed by atoms with Gasteiger partial charge in [0, 0.05) is 5.56 Å². The summed E-state index contributed by atoms with van der Waals surface area (Å²) in [6.45, 7) is 4.06. The first-order chi connectivity index (χ1) is 11.2. The molecule has 0 amide bonds. The Bertz CT molecular complexity index is 759. The number of ether oxygens (including phenoxy) is 2. The number of carbonyl (C=O) groups excluding carboxylic acids is 1. The summed E-state index contributed by atoms with van der Waals surface area (Å²) < 4.78 is 16.2. The van der Waals surface area contributed by atoms with Crippen molar-refractivity contribution in [2.24, 2.45) is 4.99 Å². The summed E-state index contributed by atoms with van der Waals surface area (Å²) in [6, 6.07) is 10.9. The summed E-state index contributed by atoms with van der Waals surface area (Å²) in [7, 11) is 0. The van der Waals surface area contributed by atoms with Gasteiger partial charge in [0.2, 0.25) is 0 Å². The van der Waals surface area contributed by atoms with Crippen LogP contribution in [0.2, 0.25) is 0 Å². The van der Waals surface area contributed by atoms with Crippen LogP contribution in [0.4, 0.5) is 0 Å². The normalized spacial score (nSPS) is 17.0. The predicted octanol–water partition coefficient (Wildman–Crippen LogP) is 3.80. The Hall–Kier alpha value is -2.82. The Balaban J connectivity index is 1.91. The molecule has 0 N–H and O–H groups in total. The molecular formula is C18H17NO4. The van der Waals surface area contributed by atoms with E-state index in [0.717, 1.165) is 12.0 Å². The number of hydrogen-bond donors (Lipinski definition) is 0. The van der Waals surface area contributed by atoms with Gasteiger partial charge < -0.3 is 13.9 Å². The van der Waals surface area contributed by atoms with Crippen LogP contribution in [0.25, 0.3) is 6.08 Å². The summed E-state index contributed by atoms with van der Waals surface area (Å²) in [5, 5.41) is 0. The van der Waals surface area contributed by atoms with Gasteiger partial charge in [-0.1, -0.05) is 25.1 Å². The average Bonchev–Trinajstić information content (AvgIpc) is 3.19. The lowest BCUT2D eigenvalue weighted by Gasteiger charge is -2.14. The van der Waals surface area contributed by atoms with Crippen molar-refractivity contribution in [2.45, 2.75) is 26.4 Å². The minimum atomic E-state index is -0.505. The molecule has 0 saturated heterocycles. The van der Waals surface area contributed by atoms with Crippen molar-refractivity contribution in [1.29, 1.82) is 0 Å². The molecule has 23 heavy (non-hydrogen) atoms. The lowest BCUT2D eigenvalue weighted by molar-refractivity contribution is -0.130. The molecule has 0 spiro atoms. The highest BCUT2D eigenvalue weighted by molar-refractivity contribution is 6.11. The number of aliphatic imine (C=N–C) groups is 1. The van der Waals surface area contributed by atoms with Gasteiger partial charge in [-0.05, 0) is 37.6 Å². The van der Waals surface area contributed by atoms with E-state index in [0.29, 0.717) is 11.5 Å². The van der Waals surface area contributed by atoms with Crippen LogP contribution in [0.3, 0.4) is 0 Å². The molecule has 2 aromatic rings. The number of furan rings is 1. The smallest absolute Gasteiger partial charge is 0.363 e. The van der Waals surface area contributed by atoms with Crippen molar-refractivity contribution in [3.8, 4) is 5.75 Å². The van der Waals surface area contributed by atoms with Crippen molar-refractivity contribution < 1.29 is 18.7 Å². The number of hydrogen-bond acceptors (Lipinski definition) is 5. The summed E-state index contributed by atoms with van der Waals surface area (Å²) in [5.74, 6) is 0.802. The molecule has 0 aliphatic carbocycles. The Morgan fingerprint density at radius 2 is 2.09 bits per heavy atom. The molecule has 2 heterocycles. The van der Waals surface area contributed by atoms with Crippen LogP contribution in [-0.4, -0.2) is 18.0 Å². The van der Waals surface area contributed by atoms with E-state index in [2.05, 4.69) is 11.9 Å². The second kappa shape index (κ2) is 6.52. The summed E-state index contributed by atoms with van der Waals surface area (Å²) in [6.07, 6.45) is 4.15. The van der Waals surface area contributed by atoms with Crippen molar-refractivity contribution in [3.63, 3.8) is 0 Å². The SMILES string of the molecule is CCC(C)Oc1ccccc1/C=C1\N=C(c2ccco2)OC1=O. The van der Waals surface area contributed by atoms with E-state index in [1.54, 1.807) is 18.2 Å². The van der Waals surface area contributed by atoms with Crippen LogP contribution in [0.1, 0.15) is 31.6 Å². The Morgan fingerprint density at radius 1 is 1.26 bits per heavy atom. The minimum Gasteiger partial charge on any atom is -0.490 e. The highest BCUT2D eigenvalue weighted by atomic mass is 16.6. The van der Waals surface area contributed by atoms with E-state index in [1.807, 2.05) is 31.2 Å². The quantitative estimate of drug-likeness (QED) is 0.622. The highest BCUT2D eigenvalue weighted by Crippen LogP contribution is 2.25. The fourth-order valence-corrected chi connectivity index (χ4v) is 2.07. The lowest BCUT2D eigenvalue weighted by Crippen LogP contribution is -2.10. The molecule has 1 aliphatic heterocycles. The average molecular weight is 311 g/mol. The maximum absolute atomic E-state index is 12.0. The summed E-state index contributed by atoms with van der Waals surface area (Å²) >= 11 is 0. The number of cyclic esters (lactones) is 1. The second-order valence-electron chi connectivity index (χ2n) is 5.19. The molecule has 1 aliphatic rings. The van der Waals surface area contributed by atoms with E-state index >= 15 is 0 Å². The topological polar surface area (TPSA) is 61.0 Å². The van der Waals surface area contributed by atoms with E-state index < -0.39 is 5.97 Å². The van der Waals surface area contributed by atoms with E-state index in [1.165, 1.54) is 6.26 Å². The second-order valence-corrected chi connectivity index (χ2v) is 5.19. The Labute approximate surface area is 134 Å². The molecule has 1 unspecified atom stereocenters. The number of carbonyl (C=O) groups is 1. The molecule has 1 aromatic heterocycles. The third kappa shape index (κ3) is 3.34. The zero-order chi connectivity index (χ0) is 16.2. The molecule has 5 heteroatoms. The predicted molar refractivity (Wildman–Crippen MR) is 86.1 cm³/mol. The monoisotopic (exact) mass is 311 g/mol. The zero-order valence-electron chi connectivity index (χ0n) is 13.0. The van der Waals surface area contributed by atoms with Gasteiger partial charge in [0.05, 0.1) is 12.4 Å². The first kappa shape index (κ1) is 15.1. The number of benzene rings is 1. The van der Waals surface area contributed by atoms with Crippen LogP contribution in [0.5, 0.6) is 5.75 Å². The van der Waals surface area contributed by atoms with Crippen LogP contribution in [0, 0.1) is 0 Å². The first-order valence-electron chi connectivity index (χ1n) is 7.49.